The Labute approximate surface area is 220 Å². The van der Waals surface area contributed by atoms with Crippen LogP contribution in [0.25, 0.3) is 22.6 Å². The van der Waals surface area contributed by atoms with Crippen LogP contribution >= 0.6 is 0 Å². The van der Waals surface area contributed by atoms with E-state index in [2.05, 4.69) is 20.3 Å². The van der Waals surface area contributed by atoms with Crippen molar-refractivity contribution in [2.75, 3.05) is 38.8 Å². The monoisotopic (exact) mass is 516 g/mol. The predicted octanol–water partition coefficient (Wildman–Crippen LogP) is 4.22. The highest BCUT2D eigenvalue weighted by Gasteiger charge is 2.35. The van der Waals surface area contributed by atoms with Gasteiger partial charge in [0.05, 0.1) is 30.3 Å². The lowest BCUT2D eigenvalue weighted by molar-refractivity contribution is -0.231. The van der Waals surface area contributed by atoms with Crippen molar-refractivity contribution in [3.63, 3.8) is 0 Å². The summed E-state index contributed by atoms with van der Waals surface area (Å²) in [6.07, 6.45) is 0.936. The molecule has 5 rings (SSSR count). The number of ether oxygens (including phenoxy) is 2. The molecule has 1 amide bonds. The minimum atomic E-state index is -0.740. The zero-order valence-corrected chi connectivity index (χ0v) is 21.4. The van der Waals surface area contributed by atoms with Gasteiger partial charge in [-0.1, -0.05) is 25.1 Å². The van der Waals surface area contributed by atoms with Gasteiger partial charge in [0.2, 0.25) is 12.2 Å². The third-order valence-electron chi connectivity index (χ3n) is 6.24. The molecule has 0 unspecified atom stereocenters. The molecule has 1 aliphatic rings. The van der Waals surface area contributed by atoms with Crippen molar-refractivity contribution in [1.29, 1.82) is 0 Å². The Morgan fingerprint density at radius 2 is 1.79 bits per heavy atom. The molecule has 0 spiro atoms. The van der Waals surface area contributed by atoms with E-state index in [0.717, 1.165) is 5.56 Å². The Morgan fingerprint density at radius 1 is 1.08 bits per heavy atom. The average Bonchev–Trinajstić information content (AvgIpc) is 3.38. The number of nitrogens with zero attached hydrogens (tertiary/aromatic N) is 4. The Hall–Kier alpha value is -4.15. The van der Waals surface area contributed by atoms with E-state index in [1.807, 2.05) is 44.1 Å². The van der Waals surface area contributed by atoms with Gasteiger partial charge in [0.15, 0.2) is 5.82 Å². The first-order valence-electron chi connectivity index (χ1n) is 12.2. The number of H-pyrrole nitrogens is 1. The SMILES string of the molecule is CN(C)c1nccc(-c2[nH]c(C3OCC(C)(CNC(=O)c4ccccc4)CO3)nc2-c2ccc(F)cc2)n1. The fourth-order valence-corrected chi connectivity index (χ4v) is 4.10. The van der Waals surface area contributed by atoms with Gasteiger partial charge in [0.1, 0.15) is 5.82 Å². The van der Waals surface area contributed by atoms with E-state index in [0.29, 0.717) is 54.2 Å². The van der Waals surface area contributed by atoms with Crippen LogP contribution in [0.5, 0.6) is 0 Å². The summed E-state index contributed by atoms with van der Waals surface area (Å²) in [6.45, 7) is 3.10. The number of carbonyl (C=O) groups is 1. The first-order chi connectivity index (χ1) is 18.3. The molecule has 0 bridgehead atoms. The molecule has 0 atom stereocenters. The van der Waals surface area contributed by atoms with Crippen LogP contribution in [0, 0.1) is 11.2 Å². The molecule has 0 radical (unpaired) electrons. The van der Waals surface area contributed by atoms with E-state index in [4.69, 9.17) is 14.5 Å². The average molecular weight is 517 g/mol. The molecule has 9 nitrogen and oxygen atoms in total. The van der Waals surface area contributed by atoms with Crippen LogP contribution in [0.3, 0.4) is 0 Å². The summed E-state index contributed by atoms with van der Waals surface area (Å²) < 4.78 is 25.8. The molecule has 4 aromatic rings. The van der Waals surface area contributed by atoms with Gasteiger partial charge in [-0.3, -0.25) is 4.79 Å². The number of amides is 1. The summed E-state index contributed by atoms with van der Waals surface area (Å²) in [5.74, 6) is 0.540. The van der Waals surface area contributed by atoms with Gasteiger partial charge < -0.3 is 24.7 Å². The second kappa shape index (κ2) is 10.7. The molecule has 1 aliphatic heterocycles. The quantitative estimate of drug-likeness (QED) is 0.379. The number of anilines is 1. The van der Waals surface area contributed by atoms with Gasteiger partial charge in [0, 0.05) is 43.4 Å². The molecule has 2 N–H and O–H groups in total. The molecule has 196 valence electrons. The van der Waals surface area contributed by atoms with Gasteiger partial charge in [0.25, 0.3) is 5.91 Å². The van der Waals surface area contributed by atoms with Crippen molar-refractivity contribution >= 4 is 11.9 Å². The third kappa shape index (κ3) is 5.56. The number of nitrogens with one attached hydrogen (secondary N) is 2. The zero-order chi connectivity index (χ0) is 26.7. The van der Waals surface area contributed by atoms with Crippen molar-refractivity contribution in [3.05, 3.63) is 84.1 Å². The lowest BCUT2D eigenvalue weighted by Gasteiger charge is -2.36. The number of halogens is 1. The van der Waals surface area contributed by atoms with E-state index in [1.165, 1.54) is 12.1 Å². The van der Waals surface area contributed by atoms with Gasteiger partial charge in [-0.25, -0.2) is 19.3 Å². The van der Waals surface area contributed by atoms with Crippen LogP contribution in [0.2, 0.25) is 0 Å². The van der Waals surface area contributed by atoms with Gasteiger partial charge in [-0.15, -0.1) is 0 Å². The lowest BCUT2D eigenvalue weighted by atomic mass is 9.92. The Morgan fingerprint density at radius 3 is 2.47 bits per heavy atom. The van der Waals surface area contributed by atoms with E-state index < -0.39 is 11.7 Å². The summed E-state index contributed by atoms with van der Waals surface area (Å²) in [5.41, 5.74) is 2.78. The van der Waals surface area contributed by atoms with E-state index in [-0.39, 0.29) is 11.7 Å². The third-order valence-corrected chi connectivity index (χ3v) is 6.24. The van der Waals surface area contributed by atoms with Crippen LogP contribution in [0.15, 0.2) is 66.9 Å². The highest BCUT2D eigenvalue weighted by Crippen LogP contribution is 2.35. The standard InChI is InChI=1S/C28H29FN6O3/c1-28(15-31-25(36)19-7-5-4-6-8-19)16-37-26(38-17-28)24-33-22(18-9-11-20(29)12-10-18)23(34-24)21-13-14-30-27(32-21)35(2)3/h4-14,26H,15-17H2,1-3H3,(H,31,36)(H,33,34). The molecular formula is C28H29FN6O3. The van der Waals surface area contributed by atoms with Crippen molar-refractivity contribution in [1.82, 2.24) is 25.3 Å². The number of hydrogen-bond acceptors (Lipinski definition) is 7. The van der Waals surface area contributed by atoms with Crippen LogP contribution in [0.4, 0.5) is 10.3 Å². The van der Waals surface area contributed by atoms with Crippen molar-refractivity contribution < 1.29 is 18.7 Å². The molecular weight excluding hydrogens is 487 g/mol. The maximum atomic E-state index is 13.6. The highest BCUT2D eigenvalue weighted by atomic mass is 19.1. The molecule has 0 aliphatic carbocycles. The topological polar surface area (TPSA) is 105 Å². The van der Waals surface area contributed by atoms with E-state index in [1.54, 1.807) is 36.5 Å². The minimum Gasteiger partial charge on any atom is -0.351 e. The molecule has 3 heterocycles. The number of imidazole rings is 1. The Balaban J connectivity index is 1.35. The first-order valence-corrected chi connectivity index (χ1v) is 12.2. The molecule has 38 heavy (non-hydrogen) atoms. The van der Waals surface area contributed by atoms with E-state index >= 15 is 0 Å². The molecule has 10 heteroatoms. The molecule has 2 aromatic carbocycles. The lowest BCUT2D eigenvalue weighted by Crippen LogP contribution is -2.45. The second-order valence-electron chi connectivity index (χ2n) is 9.80. The van der Waals surface area contributed by atoms with Crippen molar-refractivity contribution in [3.8, 4) is 22.6 Å². The normalized spacial score (nSPS) is 19.2. The summed E-state index contributed by atoms with van der Waals surface area (Å²) in [6, 6.07) is 17.0. The van der Waals surface area contributed by atoms with Crippen LogP contribution < -0.4 is 10.2 Å². The summed E-state index contributed by atoms with van der Waals surface area (Å²) >= 11 is 0. The maximum Gasteiger partial charge on any atom is 0.251 e. The second-order valence-corrected chi connectivity index (χ2v) is 9.80. The Kier molecular flexibility index (Phi) is 7.17. The van der Waals surface area contributed by atoms with Gasteiger partial charge in [-0.2, -0.15) is 0 Å². The molecule has 1 saturated heterocycles. The zero-order valence-electron chi connectivity index (χ0n) is 21.4. The largest absolute Gasteiger partial charge is 0.351 e. The van der Waals surface area contributed by atoms with Crippen LogP contribution in [0.1, 0.15) is 29.4 Å². The fourth-order valence-electron chi connectivity index (χ4n) is 4.10. The van der Waals surface area contributed by atoms with Crippen LogP contribution in [-0.2, 0) is 9.47 Å². The fraction of sp³-hybridized carbons (Fsp3) is 0.286. The number of rotatable bonds is 7. The number of aromatic nitrogens is 4. The van der Waals surface area contributed by atoms with Crippen LogP contribution in [-0.4, -0.2) is 59.7 Å². The maximum absolute atomic E-state index is 13.6. The van der Waals surface area contributed by atoms with E-state index in [9.17, 15) is 9.18 Å². The van der Waals surface area contributed by atoms with Gasteiger partial charge >= 0.3 is 0 Å². The number of benzene rings is 2. The number of carbonyl (C=O) groups excluding carboxylic acids is 1. The highest BCUT2D eigenvalue weighted by molar-refractivity contribution is 5.94. The predicted molar refractivity (Wildman–Crippen MR) is 141 cm³/mol. The smallest absolute Gasteiger partial charge is 0.251 e. The minimum absolute atomic E-state index is 0.143. The molecule has 1 fully saturated rings. The summed E-state index contributed by atoms with van der Waals surface area (Å²) in [7, 11) is 3.72. The van der Waals surface area contributed by atoms with Crippen molar-refractivity contribution in [2.45, 2.75) is 13.2 Å². The number of aromatic amines is 1. The molecule has 0 saturated carbocycles. The molecule has 2 aromatic heterocycles. The van der Waals surface area contributed by atoms with Gasteiger partial charge in [-0.05, 0) is 42.5 Å². The number of hydrogen-bond donors (Lipinski definition) is 2. The van der Waals surface area contributed by atoms with Crippen molar-refractivity contribution in [2.24, 2.45) is 5.41 Å². The summed E-state index contributed by atoms with van der Waals surface area (Å²) in [5, 5.41) is 2.97. The first kappa shape index (κ1) is 25.5. The Bertz CT molecular complexity index is 1400. The summed E-state index contributed by atoms with van der Waals surface area (Å²) in [4.78, 5) is 31.3.